The number of benzene rings is 3. The molecule has 0 bridgehead atoms. The van der Waals surface area contributed by atoms with Gasteiger partial charge in [0.2, 0.25) is 0 Å². The van der Waals surface area contributed by atoms with Gasteiger partial charge in [0.15, 0.2) is 8.07 Å². The topological polar surface area (TPSA) is 78.1 Å². The summed E-state index contributed by atoms with van der Waals surface area (Å²) in [5.74, 6) is 0. The molecule has 1 aliphatic rings. The van der Waals surface area contributed by atoms with E-state index in [9.17, 15) is 0 Å². The smallest absolute Gasteiger partial charge is 0.158 e. The van der Waals surface area contributed by atoms with Crippen LogP contribution >= 0.6 is 0 Å². The summed E-state index contributed by atoms with van der Waals surface area (Å²) >= 11 is 0. The molecule has 4 rings (SSSR count). The molecule has 1 aliphatic carbocycles. The molecule has 6 N–H and O–H groups in total. The van der Waals surface area contributed by atoms with Crippen LogP contribution in [0, 0.1) is 5.41 Å². The highest BCUT2D eigenvalue weighted by Gasteiger charge is 2.46. The molecule has 0 spiro atoms. The summed E-state index contributed by atoms with van der Waals surface area (Å²) in [7, 11) is -2.58. The molecule has 0 saturated carbocycles. The Kier molecular flexibility index (Phi) is 7.06. The molecule has 1 unspecified atom stereocenters. The Balaban J connectivity index is 2.11. The molecule has 1 atom stereocenters. The standard InChI is InChI=1S/C30H37N3Si/c1-30(2,3)25-13-14-29(18-25)34(26-10-4-7-22(15-26)19-31,27-11-5-8-23(16-27)20-32)28-12-6-9-24(17-28)21-33/h4-18,29H,19-21,31-33H2,1-3H3. The Bertz CT molecular complexity index is 1100. The van der Waals surface area contributed by atoms with Crippen molar-refractivity contribution in [3.8, 4) is 0 Å². The number of nitrogens with two attached hydrogens (primary N) is 3. The Morgan fingerprint density at radius 3 is 1.41 bits per heavy atom. The third-order valence-electron chi connectivity index (χ3n) is 7.06. The first-order valence-electron chi connectivity index (χ1n) is 12.1. The molecule has 4 heteroatoms. The summed E-state index contributed by atoms with van der Waals surface area (Å²) in [6.45, 7) is 8.42. The van der Waals surface area contributed by atoms with Gasteiger partial charge in [-0.05, 0) is 43.2 Å². The van der Waals surface area contributed by atoms with E-state index in [1.807, 2.05) is 0 Å². The number of hydrogen-bond acceptors (Lipinski definition) is 3. The lowest BCUT2D eigenvalue weighted by atomic mass is 9.87. The van der Waals surface area contributed by atoms with Gasteiger partial charge < -0.3 is 17.2 Å². The lowest BCUT2D eigenvalue weighted by molar-refractivity contribution is 0.518. The van der Waals surface area contributed by atoms with Crippen molar-refractivity contribution < 1.29 is 0 Å². The largest absolute Gasteiger partial charge is 0.326 e. The molecule has 34 heavy (non-hydrogen) atoms. The molecule has 0 radical (unpaired) electrons. The third-order valence-corrected chi connectivity index (χ3v) is 12.1. The van der Waals surface area contributed by atoms with E-state index in [1.165, 1.54) is 21.1 Å². The summed E-state index contributed by atoms with van der Waals surface area (Å²) in [5, 5.41) is 4.08. The fourth-order valence-corrected chi connectivity index (χ4v) is 10.5. The van der Waals surface area contributed by atoms with E-state index in [0.717, 1.165) is 16.7 Å². The van der Waals surface area contributed by atoms with Crippen LogP contribution in [0.5, 0.6) is 0 Å². The van der Waals surface area contributed by atoms with Gasteiger partial charge in [0.25, 0.3) is 0 Å². The summed E-state index contributed by atoms with van der Waals surface area (Å²) in [6, 6.07) is 26.7. The van der Waals surface area contributed by atoms with Crippen molar-refractivity contribution in [3.63, 3.8) is 0 Å². The zero-order chi connectivity index (χ0) is 24.3. The molecular formula is C30H37N3Si. The van der Waals surface area contributed by atoms with Gasteiger partial charge in [0, 0.05) is 25.2 Å². The fourth-order valence-electron chi connectivity index (χ4n) is 5.19. The van der Waals surface area contributed by atoms with Crippen molar-refractivity contribution in [1.29, 1.82) is 0 Å². The molecule has 0 amide bonds. The second kappa shape index (κ2) is 9.85. The highest BCUT2D eigenvalue weighted by Crippen LogP contribution is 2.38. The molecule has 0 aliphatic heterocycles. The van der Waals surface area contributed by atoms with Crippen LogP contribution in [-0.4, -0.2) is 8.07 Å². The van der Waals surface area contributed by atoms with E-state index in [1.54, 1.807) is 0 Å². The SMILES string of the molecule is CC(C)(C)C1=CC([Si](c2cccc(CN)c2)(c2cccc(CN)c2)c2cccc(CN)c2)C=C1. The van der Waals surface area contributed by atoms with Gasteiger partial charge in [-0.25, -0.2) is 0 Å². The Labute approximate surface area is 205 Å². The van der Waals surface area contributed by atoms with Crippen LogP contribution < -0.4 is 32.8 Å². The van der Waals surface area contributed by atoms with E-state index in [4.69, 9.17) is 17.2 Å². The van der Waals surface area contributed by atoms with Crippen LogP contribution in [0.2, 0.25) is 5.54 Å². The number of rotatable bonds is 7. The van der Waals surface area contributed by atoms with E-state index in [0.29, 0.717) is 19.6 Å². The Hall–Kier alpha value is -2.76. The van der Waals surface area contributed by atoms with Crippen LogP contribution in [0.1, 0.15) is 37.5 Å². The normalized spacial score (nSPS) is 16.1. The minimum atomic E-state index is -2.58. The predicted molar refractivity (Wildman–Crippen MR) is 148 cm³/mol. The van der Waals surface area contributed by atoms with E-state index < -0.39 is 8.07 Å². The lowest BCUT2D eigenvalue weighted by Gasteiger charge is -2.38. The van der Waals surface area contributed by atoms with Crippen LogP contribution in [0.3, 0.4) is 0 Å². The highest BCUT2D eigenvalue weighted by atomic mass is 28.3. The minimum Gasteiger partial charge on any atom is -0.326 e. The maximum Gasteiger partial charge on any atom is 0.158 e. The molecule has 0 heterocycles. The van der Waals surface area contributed by atoms with Crippen molar-refractivity contribution in [2.75, 3.05) is 0 Å². The van der Waals surface area contributed by atoms with Gasteiger partial charge in [0.05, 0.1) is 0 Å². The molecular weight excluding hydrogens is 430 g/mol. The first-order valence-corrected chi connectivity index (χ1v) is 14.2. The van der Waals surface area contributed by atoms with Gasteiger partial charge in [-0.3, -0.25) is 0 Å². The van der Waals surface area contributed by atoms with Crippen LogP contribution in [0.4, 0.5) is 0 Å². The van der Waals surface area contributed by atoms with Crippen molar-refractivity contribution in [3.05, 3.63) is 113 Å². The second-order valence-corrected chi connectivity index (χ2v) is 14.3. The van der Waals surface area contributed by atoms with Crippen LogP contribution in [-0.2, 0) is 19.6 Å². The highest BCUT2D eigenvalue weighted by molar-refractivity contribution is 7.13. The Morgan fingerprint density at radius 2 is 1.09 bits per heavy atom. The summed E-state index contributed by atoms with van der Waals surface area (Å²) in [5.41, 5.74) is 23.6. The monoisotopic (exact) mass is 467 g/mol. The van der Waals surface area contributed by atoms with Gasteiger partial charge >= 0.3 is 0 Å². The molecule has 176 valence electrons. The third kappa shape index (κ3) is 4.47. The van der Waals surface area contributed by atoms with E-state index >= 15 is 0 Å². The molecule has 0 aromatic heterocycles. The van der Waals surface area contributed by atoms with Crippen molar-refractivity contribution in [2.45, 2.75) is 45.9 Å². The Morgan fingerprint density at radius 1 is 0.676 bits per heavy atom. The molecule has 3 nitrogen and oxygen atoms in total. The van der Waals surface area contributed by atoms with Gasteiger partial charge in [-0.2, -0.15) is 0 Å². The zero-order valence-electron chi connectivity index (χ0n) is 20.6. The van der Waals surface area contributed by atoms with Crippen LogP contribution in [0.25, 0.3) is 0 Å². The summed E-state index contributed by atoms with van der Waals surface area (Å²) in [4.78, 5) is 0. The average Bonchev–Trinajstić information content (AvgIpc) is 3.36. The van der Waals surface area contributed by atoms with Crippen molar-refractivity contribution >= 4 is 23.6 Å². The van der Waals surface area contributed by atoms with Gasteiger partial charge in [-0.1, -0.05) is 112 Å². The first kappa shape index (κ1) is 24.4. The average molecular weight is 468 g/mol. The van der Waals surface area contributed by atoms with E-state index in [-0.39, 0.29) is 11.0 Å². The van der Waals surface area contributed by atoms with Crippen molar-refractivity contribution in [1.82, 2.24) is 0 Å². The zero-order valence-corrected chi connectivity index (χ0v) is 21.6. The quantitative estimate of drug-likeness (QED) is 0.368. The fraction of sp³-hybridized carbons (Fsp3) is 0.267. The number of hydrogen-bond donors (Lipinski definition) is 3. The number of allylic oxidation sites excluding steroid dienone is 4. The summed E-state index contributed by atoms with van der Waals surface area (Å²) < 4.78 is 0. The van der Waals surface area contributed by atoms with Gasteiger partial charge in [-0.15, -0.1) is 0 Å². The molecule has 3 aromatic rings. The van der Waals surface area contributed by atoms with E-state index in [2.05, 4.69) is 112 Å². The summed E-state index contributed by atoms with van der Waals surface area (Å²) in [6.07, 6.45) is 7.26. The maximum atomic E-state index is 6.12. The van der Waals surface area contributed by atoms with Crippen molar-refractivity contribution in [2.24, 2.45) is 22.6 Å². The first-order chi connectivity index (χ1) is 16.3. The molecule has 0 fully saturated rings. The molecule has 3 aromatic carbocycles. The predicted octanol–water partition coefficient (Wildman–Crippen LogP) is 3.45. The molecule has 0 saturated heterocycles. The maximum absolute atomic E-state index is 6.12. The van der Waals surface area contributed by atoms with Gasteiger partial charge in [0.1, 0.15) is 0 Å². The lowest BCUT2D eigenvalue weighted by Crippen LogP contribution is -2.69. The van der Waals surface area contributed by atoms with Crippen LogP contribution in [0.15, 0.2) is 96.6 Å². The second-order valence-electron chi connectivity index (χ2n) is 10.3. The minimum absolute atomic E-state index is 0.0860.